The molecule has 1 atom stereocenters. The quantitative estimate of drug-likeness (QED) is 0.603. The molecule has 0 N–H and O–H groups in total. The SMILES string of the molecule is CC(C)[C@H](C(=O)OCc1ccc(C#N)cc1)N1C(=O)c2ccccc2C1=O. The van der Waals surface area contributed by atoms with Gasteiger partial charge >= 0.3 is 5.97 Å². The molecular formula is C21H18N2O4. The number of hydrogen-bond acceptors (Lipinski definition) is 5. The van der Waals surface area contributed by atoms with Crippen molar-refractivity contribution in [3.8, 4) is 6.07 Å². The van der Waals surface area contributed by atoms with Gasteiger partial charge in [0, 0.05) is 0 Å². The zero-order valence-electron chi connectivity index (χ0n) is 15.0. The molecular weight excluding hydrogens is 344 g/mol. The number of esters is 1. The van der Waals surface area contributed by atoms with E-state index < -0.39 is 23.8 Å². The number of benzene rings is 2. The number of amides is 2. The van der Waals surface area contributed by atoms with Gasteiger partial charge in [-0.15, -0.1) is 0 Å². The van der Waals surface area contributed by atoms with Gasteiger partial charge in [-0.3, -0.25) is 14.5 Å². The molecule has 6 heteroatoms. The average Bonchev–Trinajstić information content (AvgIpc) is 2.92. The van der Waals surface area contributed by atoms with Gasteiger partial charge in [-0.1, -0.05) is 38.1 Å². The maximum absolute atomic E-state index is 12.7. The van der Waals surface area contributed by atoms with Gasteiger partial charge in [-0.2, -0.15) is 5.26 Å². The van der Waals surface area contributed by atoms with E-state index in [0.717, 1.165) is 4.90 Å². The Hall–Kier alpha value is -3.46. The summed E-state index contributed by atoms with van der Waals surface area (Å²) in [5, 5.41) is 8.82. The second-order valence-electron chi connectivity index (χ2n) is 6.63. The van der Waals surface area contributed by atoms with Gasteiger partial charge in [0.2, 0.25) is 0 Å². The average molecular weight is 362 g/mol. The number of nitrogens with zero attached hydrogens (tertiary/aromatic N) is 2. The molecule has 136 valence electrons. The Bertz CT molecular complexity index is 906. The summed E-state index contributed by atoms with van der Waals surface area (Å²) in [7, 11) is 0. The number of rotatable bonds is 5. The van der Waals surface area contributed by atoms with Crippen LogP contribution in [0.1, 0.15) is 45.7 Å². The zero-order chi connectivity index (χ0) is 19.6. The summed E-state index contributed by atoms with van der Waals surface area (Å²) in [6, 6.07) is 14.2. The Balaban J connectivity index is 1.77. The summed E-state index contributed by atoms with van der Waals surface area (Å²) in [6.45, 7) is 3.52. The lowest BCUT2D eigenvalue weighted by Crippen LogP contribution is -2.48. The van der Waals surface area contributed by atoms with Crippen LogP contribution in [0.15, 0.2) is 48.5 Å². The first-order chi connectivity index (χ1) is 12.9. The van der Waals surface area contributed by atoms with Gasteiger partial charge in [0.1, 0.15) is 12.6 Å². The summed E-state index contributed by atoms with van der Waals surface area (Å²) in [5.74, 6) is -1.90. The zero-order valence-corrected chi connectivity index (χ0v) is 15.0. The van der Waals surface area contributed by atoms with Crippen LogP contribution in [0.5, 0.6) is 0 Å². The van der Waals surface area contributed by atoms with E-state index in [1.54, 1.807) is 62.4 Å². The maximum Gasteiger partial charge on any atom is 0.329 e. The molecule has 2 amide bonds. The molecule has 1 heterocycles. The van der Waals surface area contributed by atoms with Crippen LogP contribution >= 0.6 is 0 Å². The van der Waals surface area contributed by atoms with Gasteiger partial charge in [0.25, 0.3) is 11.8 Å². The third kappa shape index (κ3) is 3.44. The molecule has 6 nitrogen and oxygen atoms in total. The highest BCUT2D eigenvalue weighted by atomic mass is 16.5. The van der Waals surface area contributed by atoms with Crippen LogP contribution in [0.4, 0.5) is 0 Å². The van der Waals surface area contributed by atoms with Gasteiger partial charge in [0.05, 0.1) is 22.8 Å². The fraction of sp³-hybridized carbons (Fsp3) is 0.238. The van der Waals surface area contributed by atoms with Gasteiger partial charge in [0.15, 0.2) is 0 Å². The number of carbonyl (C=O) groups excluding carboxylic acids is 3. The molecule has 0 aromatic heterocycles. The number of fused-ring (bicyclic) bond motifs is 1. The number of hydrogen-bond donors (Lipinski definition) is 0. The van der Waals surface area contributed by atoms with E-state index >= 15 is 0 Å². The third-order valence-electron chi connectivity index (χ3n) is 4.44. The monoisotopic (exact) mass is 362 g/mol. The molecule has 0 saturated heterocycles. The second-order valence-corrected chi connectivity index (χ2v) is 6.63. The van der Waals surface area contributed by atoms with Crippen LogP contribution in [-0.4, -0.2) is 28.7 Å². The standard InChI is InChI=1S/C21H18N2O4/c1-13(2)18(21(26)27-12-15-9-7-14(11-22)8-10-15)23-19(24)16-5-3-4-6-17(16)20(23)25/h3-10,13,18H,12H2,1-2H3/t18-/m1/s1. The van der Waals surface area contributed by atoms with Gasteiger partial charge in [-0.25, -0.2) is 4.79 Å². The number of nitriles is 1. The summed E-state index contributed by atoms with van der Waals surface area (Å²) in [6.07, 6.45) is 0. The first-order valence-electron chi connectivity index (χ1n) is 8.56. The minimum absolute atomic E-state index is 0.00304. The Morgan fingerprint density at radius 3 is 2.07 bits per heavy atom. The normalized spacial score (nSPS) is 14.1. The van der Waals surface area contributed by atoms with Crippen molar-refractivity contribution in [1.82, 2.24) is 4.90 Å². The van der Waals surface area contributed by atoms with Crippen LogP contribution in [-0.2, 0) is 16.1 Å². The van der Waals surface area contributed by atoms with Gasteiger partial charge < -0.3 is 4.74 Å². The second kappa shape index (κ2) is 7.42. The smallest absolute Gasteiger partial charge is 0.329 e. The van der Waals surface area contributed by atoms with Crippen molar-refractivity contribution >= 4 is 17.8 Å². The molecule has 2 aromatic rings. The molecule has 0 bridgehead atoms. The lowest BCUT2D eigenvalue weighted by atomic mass is 10.0. The summed E-state index contributed by atoms with van der Waals surface area (Å²) >= 11 is 0. The molecule has 0 saturated carbocycles. The molecule has 1 aliphatic rings. The molecule has 0 radical (unpaired) electrons. The maximum atomic E-state index is 12.7. The lowest BCUT2D eigenvalue weighted by Gasteiger charge is -2.27. The van der Waals surface area contributed by atoms with E-state index in [0.29, 0.717) is 22.3 Å². The van der Waals surface area contributed by atoms with Crippen molar-refractivity contribution in [2.75, 3.05) is 0 Å². The molecule has 0 aliphatic carbocycles. The highest BCUT2D eigenvalue weighted by Gasteiger charge is 2.44. The first-order valence-corrected chi connectivity index (χ1v) is 8.56. The Morgan fingerprint density at radius 1 is 1.04 bits per heavy atom. The van der Waals surface area contributed by atoms with E-state index in [4.69, 9.17) is 10.00 Å². The molecule has 3 rings (SSSR count). The predicted molar refractivity (Wildman–Crippen MR) is 96.5 cm³/mol. The van der Waals surface area contributed by atoms with Crippen molar-refractivity contribution in [3.63, 3.8) is 0 Å². The Labute approximate surface area is 157 Å². The van der Waals surface area contributed by atoms with Crippen LogP contribution < -0.4 is 0 Å². The van der Waals surface area contributed by atoms with Crippen LogP contribution in [0.2, 0.25) is 0 Å². The Morgan fingerprint density at radius 2 is 1.59 bits per heavy atom. The van der Waals surface area contributed by atoms with Crippen molar-refractivity contribution in [1.29, 1.82) is 5.26 Å². The molecule has 0 fully saturated rings. The minimum atomic E-state index is -1.00. The third-order valence-corrected chi connectivity index (χ3v) is 4.44. The van der Waals surface area contributed by atoms with Crippen molar-refractivity contribution in [2.24, 2.45) is 5.92 Å². The number of imide groups is 1. The van der Waals surface area contributed by atoms with Crippen molar-refractivity contribution in [3.05, 3.63) is 70.8 Å². The van der Waals surface area contributed by atoms with Gasteiger partial charge in [-0.05, 0) is 35.7 Å². The summed E-state index contributed by atoms with van der Waals surface area (Å²) in [4.78, 5) is 39.0. The fourth-order valence-electron chi connectivity index (χ4n) is 3.05. The first kappa shape index (κ1) is 18.3. The van der Waals surface area contributed by atoms with Crippen LogP contribution in [0.3, 0.4) is 0 Å². The molecule has 27 heavy (non-hydrogen) atoms. The van der Waals surface area contributed by atoms with Crippen LogP contribution in [0, 0.1) is 17.2 Å². The lowest BCUT2D eigenvalue weighted by molar-refractivity contribution is -0.151. The summed E-state index contributed by atoms with van der Waals surface area (Å²) < 4.78 is 5.37. The predicted octanol–water partition coefficient (Wildman–Crippen LogP) is 2.92. The van der Waals surface area contributed by atoms with E-state index in [1.807, 2.05) is 6.07 Å². The van der Waals surface area contributed by atoms with E-state index in [-0.39, 0.29) is 12.5 Å². The largest absolute Gasteiger partial charge is 0.459 e. The highest BCUT2D eigenvalue weighted by Crippen LogP contribution is 2.27. The van der Waals surface area contributed by atoms with Crippen molar-refractivity contribution in [2.45, 2.75) is 26.5 Å². The fourth-order valence-corrected chi connectivity index (χ4v) is 3.05. The summed E-state index contributed by atoms with van der Waals surface area (Å²) in [5.41, 5.74) is 1.82. The van der Waals surface area contributed by atoms with Crippen LogP contribution in [0.25, 0.3) is 0 Å². The highest BCUT2D eigenvalue weighted by molar-refractivity contribution is 6.22. The number of carbonyl (C=O) groups is 3. The van der Waals surface area contributed by atoms with E-state index in [1.165, 1.54) is 0 Å². The molecule has 2 aromatic carbocycles. The van der Waals surface area contributed by atoms with E-state index in [2.05, 4.69) is 0 Å². The van der Waals surface area contributed by atoms with Crippen molar-refractivity contribution < 1.29 is 19.1 Å². The minimum Gasteiger partial charge on any atom is -0.459 e. The molecule has 1 aliphatic heterocycles. The topological polar surface area (TPSA) is 87.5 Å². The number of ether oxygens (including phenoxy) is 1. The Kier molecular flexibility index (Phi) is 5.04. The molecule has 0 spiro atoms. The molecule has 0 unspecified atom stereocenters. The van der Waals surface area contributed by atoms with E-state index in [9.17, 15) is 14.4 Å².